The lowest BCUT2D eigenvalue weighted by Crippen LogP contribution is -2.50. The van der Waals surface area contributed by atoms with E-state index in [1.54, 1.807) is 18.2 Å². The van der Waals surface area contributed by atoms with Gasteiger partial charge in [-0.25, -0.2) is 9.18 Å². The third kappa shape index (κ3) is 6.91. The molecule has 1 aliphatic heterocycles. The van der Waals surface area contributed by atoms with Crippen LogP contribution in [0.15, 0.2) is 35.9 Å². The zero-order valence-corrected chi connectivity index (χ0v) is 19.9. The first-order valence-electron chi connectivity index (χ1n) is 10.8. The van der Waals surface area contributed by atoms with Crippen molar-refractivity contribution in [2.45, 2.75) is 50.1 Å². The molecule has 33 heavy (non-hydrogen) atoms. The van der Waals surface area contributed by atoms with Crippen LogP contribution in [0.3, 0.4) is 0 Å². The first-order valence-corrected chi connectivity index (χ1v) is 13.1. The number of nitrogens with one attached hydrogen (secondary N) is 1. The molecule has 1 saturated heterocycles. The number of carbonyl (C=O) groups is 4. The van der Waals surface area contributed by atoms with Gasteiger partial charge >= 0.3 is 5.97 Å². The summed E-state index contributed by atoms with van der Waals surface area (Å²) in [6.45, 7) is 2.07. The van der Waals surface area contributed by atoms with Gasteiger partial charge in [-0.2, -0.15) is 0 Å². The van der Waals surface area contributed by atoms with Crippen LogP contribution in [0.25, 0.3) is 0 Å². The van der Waals surface area contributed by atoms with Crippen LogP contribution in [0.2, 0.25) is 0 Å². The normalized spacial score (nSPS) is 23.2. The second-order valence-electron chi connectivity index (χ2n) is 8.19. The molecule has 10 heteroatoms. The first-order chi connectivity index (χ1) is 15.8. The van der Waals surface area contributed by atoms with E-state index in [2.05, 4.69) is 5.32 Å². The summed E-state index contributed by atoms with van der Waals surface area (Å²) in [5.41, 5.74) is 1.17. The molecular weight excluding hydrogens is 467 g/mol. The summed E-state index contributed by atoms with van der Waals surface area (Å²) in [6, 6.07) is 4.83. The quantitative estimate of drug-likeness (QED) is 0.275. The van der Waals surface area contributed by atoms with Crippen molar-refractivity contribution in [3.63, 3.8) is 0 Å². The standard InChI is InChI=1S/C23H27FN2O5S2/c1-14(28)25-19(23(30)31)13-32-33-20-8-10-26(12-16-4-2-3-5-18(16)24)21(17(20)9-11-27)22(29)15-6-7-15/h2-5,9,11,15,19-21H,6-8,10,12-13H2,1H3,(H,25,28)(H,30,31)/b17-9+/t19-,20?,21?/m0/s1. The number of rotatable bonds is 11. The number of piperidine rings is 1. The Balaban J connectivity index is 1.76. The molecule has 2 aliphatic rings. The molecule has 2 unspecified atom stereocenters. The molecule has 178 valence electrons. The minimum Gasteiger partial charge on any atom is -0.480 e. The van der Waals surface area contributed by atoms with E-state index in [4.69, 9.17) is 0 Å². The molecule has 3 rings (SSSR count). The van der Waals surface area contributed by atoms with Crippen LogP contribution >= 0.6 is 21.6 Å². The van der Waals surface area contributed by atoms with E-state index in [1.165, 1.54) is 40.7 Å². The molecule has 2 fully saturated rings. The largest absolute Gasteiger partial charge is 0.480 e. The molecule has 7 nitrogen and oxygen atoms in total. The lowest BCUT2D eigenvalue weighted by Gasteiger charge is -2.40. The number of carbonyl (C=O) groups excluding carboxylic acids is 3. The summed E-state index contributed by atoms with van der Waals surface area (Å²) in [5, 5.41) is 11.5. The van der Waals surface area contributed by atoms with Crippen LogP contribution in [0.4, 0.5) is 4.39 Å². The predicted molar refractivity (Wildman–Crippen MR) is 126 cm³/mol. The van der Waals surface area contributed by atoms with Gasteiger partial charge in [0.15, 0.2) is 5.78 Å². The second-order valence-corrected chi connectivity index (χ2v) is 10.8. The van der Waals surface area contributed by atoms with Gasteiger partial charge in [0.25, 0.3) is 0 Å². The zero-order chi connectivity index (χ0) is 24.0. The number of nitrogens with zero attached hydrogens (tertiary/aromatic N) is 1. The van der Waals surface area contributed by atoms with Crippen LogP contribution in [0, 0.1) is 11.7 Å². The summed E-state index contributed by atoms with van der Waals surface area (Å²) < 4.78 is 14.3. The molecule has 0 radical (unpaired) electrons. The Morgan fingerprint density at radius 3 is 2.61 bits per heavy atom. The van der Waals surface area contributed by atoms with Gasteiger partial charge in [-0.3, -0.25) is 19.3 Å². The van der Waals surface area contributed by atoms with Crippen molar-refractivity contribution >= 4 is 45.5 Å². The van der Waals surface area contributed by atoms with Gasteiger partial charge in [-0.05, 0) is 37.0 Å². The Bertz CT molecular complexity index is 937. The van der Waals surface area contributed by atoms with Crippen LogP contribution in [-0.4, -0.2) is 63.6 Å². The average Bonchev–Trinajstić information content (AvgIpc) is 3.61. The van der Waals surface area contributed by atoms with Crippen molar-refractivity contribution in [1.82, 2.24) is 10.2 Å². The monoisotopic (exact) mass is 494 g/mol. The minimum absolute atomic E-state index is 0.0410. The number of benzene rings is 1. The highest BCUT2D eigenvalue weighted by atomic mass is 33.1. The van der Waals surface area contributed by atoms with Crippen LogP contribution < -0.4 is 5.32 Å². The number of Topliss-reactive ketones (excluding diaryl/α,β-unsaturated/α-hetero) is 1. The number of carboxylic acid groups (broad SMARTS) is 1. The summed E-state index contributed by atoms with van der Waals surface area (Å²) in [4.78, 5) is 49.3. The van der Waals surface area contributed by atoms with E-state index in [-0.39, 0.29) is 35.1 Å². The van der Waals surface area contributed by atoms with Crippen LogP contribution in [0.5, 0.6) is 0 Å². The predicted octanol–water partition coefficient (Wildman–Crippen LogP) is 2.84. The number of amides is 1. The maximum atomic E-state index is 14.3. The van der Waals surface area contributed by atoms with E-state index in [0.717, 1.165) is 12.8 Å². The summed E-state index contributed by atoms with van der Waals surface area (Å²) in [6.07, 6.45) is 4.36. The van der Waals surface area contributed by atoms with Gasteiger partial charge in [0.1, 0.15) is 18.1 Å². The number of ketones is 1. The third-order valence-electron chi connectivity index (χ3n) is 5.67. The van der Waals surface area contributed by atoms with E-state index < -0.39 is 24.0 Å². The Kier molecular flexibility index (Phi) is 9.10. The topological polar surface area (TPSA) is 104 Å². The number of carboxylic acids is 1. The molecule has 1 saturated carbocycles. The van der Waals surface area contributed by atoms with Crippen molar-refractivity contribution in [2.75, 3.05) is 12.3 Å². The first kappa shape index (κ1) is 25.5. The van der Waals surface area contributed by atoms with Crippen LogP contribution in [0.1, 0.15) is 31.7 Å². The zero-order valence-electron chi connectivity index (χ0n) is 18.2. The SMILES string of the molecule is CC(=O)N[C@@H](CSSC1CCN(Cc2ccccc2F)C(C(=O)C2CC2)/C1=C/C=O)C(=O)O. The van der Waals surface area contributed by atoms with Crippen molar-refractivity contribution in [3.8, 4) is 0 Å². The number of halogens is 1. The highest BCUT2D eigenvalue weighted by Crippen LogP contribution is 2.42. The van der Waals surface area contributed by atoms with Crippen molar-refractivity contribution in [1.29, 1.82) is 0 Å². The molecule has 1 aromatic rings. The Morgan fingerprint density at radius 2 is 2.00 bits per heavy atom. The molecule has 2 N–H and O–H groups in total. The molecule has 0 spiro atoms. The molecular formula is C23H27FN2O5S2. The molecule has 3 atom stereocenters. The number of allylic oxidation sites excluding steroid dienone is 1. The molecule has 1 amide bonds. The number of aliphatic carboxylic acids is 1. The van der Waals surface area contributed by atoms with Crippen molar-refractivity contribution < 1.29 is 28.7 Å². The third-order valence-corrected chi connectivity index (χ3v) is 8.53. The Morgan fingerprint density at radius 1 is 1.27 bits per heavy atom. The highest BCUT2D eigenvalue weighted by molar-refractivity contribution is 8.77. The maximum Gasteiger partial charge on any atom is 0.327 e. The van der Waals surface area contributed by atoms with Gasteiger partial charge in [-0.15, -0.1) is 0 Å². The number of likely N-dealkylation sites (tertiary alicyclic amines) is 1. The van der Waals surface area contributed by atoms with Gasteiger partial charge < -0.3 is 10.4 Å². The smallest absolute Gasteiger partial charge is 0.327 e. The van der Waals surface area contributed by atoms with E-state index in [0.29, 0.717) is 30.4 Å². The van der Waals surface area contributed by atoms with Gasteiger partial charge in [0.05, 0.1) is 6.04 Å². The number of hydrogen-bond donors (Lipinski definition) is 2. The van der Waals surface area contributed by atoms with Gasteiger partial charge in [0.2, 0.25) is 5.91 Å². The van der Waals surface area contributed by atoms with E-state index >= 15 is 0 Å². The Hall–Kier alpha value is -2.17. The van der Waals surface area contributed by atoms with E-state index in [1.807, 2.05) is 4.90 Å². The average molecular weight is 495 g/mol. The molecule has 1 aromatic carbocycles. The van der Waals surface area contributed by atoms with Crippen molar-refractivity contribution in [3.05, 3.63) is 47.3 Å². The number of aldehydes is 1. The van der Waals surface area contributed by atoms with Crippen molar-refractivity contribution in [2.24, 2.45) is 5.92 Å². The lowest BCUT2D eigenvalue weighted by atomic mass is 9.89. The fourth-order valence-corrected chi connectivity index (χ4v) is 6.79. The molecule has 0 aromatic heterocycles. The van der Waals surface area contributed by atoms with E-state index in [9.17, 15) is 28.7 Å². The summed E-state index contributed by atoms with van der Waals surface area (Å²) in [5.74, 6) is -1.72. The summed E-state index contributed by atoms with van der Waals surface area (Å²) in [7, 11) is 2.69. The number of hydrogen-bond acceptors (Lipinski definition) is 7. The fraction of sp³-hybridized carbons (Fsp3) is 0.478. The van der Waals surface area contributed by atoms with Gasteiger partial charge in [0, 0.05) is 42.5 Å². The van der Waals surface area contributed by atoms with Gasteiger partial charge in [-0.1, -0.05) is 39.8 Å². The van der Waals surface area contributed by atoms with Crippen LogP contribution in [-0.2, 0) is 25.7 Å². The molecule has 1 aliphatic carbocycles. The Labute approximate surface area is 199 Å². The molecule has 1 heterocycles. The minimum atomic E-state index is -1.12. The lowest BCUT2D eigenvalue weighted by molar-refractivity contribution is -0.140. The highest BCUT2D eigenvalue weighted by Gasteiger charge is 2.43. The second kappa shape index (κ2) is 11.8. The fourth-order valence-electron chi connectivity index (χ4n) is 3.91. The maximum absolute atomic E-state index is 14.3. The summed E-state index contributed by atoms with van der Waals surface area (Å²) >= 11 is 0. The molecule has 0 bridgehead atoms.